The zero-order valence-corrected chi connectivity index (χ0v) is 6.10. The summed E-state index contributed by atoms with van der Waals surface area (Å²) < 4.78 is 0. The van der Waals surface area contributed by atoms with Crippen LogP contribution < -0.4 is 5.73 Å². The second-order valence-electron chi connectivity index (χ2n) is 1.89. The molecule has 3 heteroatoms. The summed E-state index contributed by atoms with van der Waals surface area (Å²) in [6.07, 6.45) is 1.59. The van der Waals surface area contributed by atoms with Crippen LogP contribution >= 0.6 is 11.6 Å². The summed E-state index contributed by atoms with van der Waals surface area (Å²) in [5, 5.41) is 0.434. The monoisotopic (exact) mass is 154 g/mol. The quantitative estimate of drug-likeness (QED) is 0.625. The minimum Gasteiger partial charge on any atom is -0.399 e. The summed E-state index contributed by atoms with van der Waals surface area (Å²) in [6, 6.07) is 3.43. The molecule has 1 heterocycles. The molecule has 0 aliphatic heterocycles. The first-order chi connectivity index (χ1) is 4.70. The predicted molar refractivity (Wildman–Crippen MR) is 42.5 cm³/mol. The summed E-state index contributed by atoms with van der Waals surface area (Å²) in [4.78, 5) is 3.79. The van der Waals surface area contributed by atoms with Gasteiger partial charge in [-0.15, -0.1) is 0 Å². The summed E-state index contributed by atoms with van der Waals surface area (Å²) in [6.45, 7) is 3.56. The van der Waals surface area contributed by atoms with Gasteiger partial charge in [0.15, 0.2) is 0 Å². The number of pyridine rings is 1. The number of aromatic nitrogens is 1. The van der Waals surface area contributed by atoms with E-state index in [1.165, 1.54) is 0 Å². The van der Waals surface area contributed by atoms with Gasteiger partial charge in [0.25, 0.3) is 0 Å². The van der Waals surface area contributed by atoms with Gasteiger partial charge >= 0.3 is 0 Å². The molecule has 2 nitrogen and oxygen atoms in total. The standard InChI is InChI=1S/C7H7ClN2/c1-5(9)6-2-3-10-7(8)4-6/h2-4H,1,9H2. The first kappa shape index (κ1) is 7.09. The van der Waals surface area contributed by atoms with E-state index in [9.17, 15) is 0 Å². The molecule has 0 saturated heterocycles. The van der Waals surface area contributed by atoms with Crippen LogP contribution in [0.1, 0.15) is 5.56 Å². The van der Waals surface area contributed by atoms with E-state index in [0.717, 1.165) is 5.56 Å². The molecule has 0 spiro atoms. The van der Waals surface area contributed by atoms with Crippen molar-refractivity contribution in [1.82, 2.24) is 4.98 Å². The first-order valence-electron chi connectivity index (χ1n) is 2.76. The Balaban J connectivity index is 3.07. The minimum absolute atomic E-state index is 0.434. The Kier molecular flexibility index (Phi) is 1.92. The van der Waals surface area contributed by atoms with E-state index < -0.39 is 0 Å². The average molecular weight is 155 g/mol. The van der Waals surface area contributed by atoms with Crippen LogP contribution in [0.3, 0.4) is 0 Å². The van der Waals surface area contributed by atoms with E-state index in [1.54, 1.807) is 18.3 Å². The zero-order valence-electron chi connectivity index (χ0n) is 5.34. The van der Waals surface area contributed by atoms with E-state index >= 15 is 0 Å². The van der Waals surface area contributed by atoms with Crippen molar-refractivity contribution in [3.63, 3.8) is 0 Å². The maximum absolute atomic E-state index is 5.58. The number of hydrogen-bond acceptors (Lipinski definition) is 2. The molecule has 0 aliphatic carbocycles. The summed E-state index contributed by atoms with van der Waals surface area (Å²) >= 11 is 5.58. The maximum Gasteiger partial charge on any atom is 0.129 e. The lowest BCUT2D eigenvalue weighted by Gasteiger charge is -1.97. The molecule has 0 aliphatic rings. The van der Waals surface area contributed by atoms with Crippen LogP contribution in [0.15, 0.2) is 24.9 Å². The Morgan fingerprint density at radius 1 is 1.70 bits per heavy atom. The molecule has 0 atom stereocenters. The lowest BCUT2D eigenvalue weighted by Crippen LogP contribution is -1.93. The SMILES string of the molecule is C=C(N)c1ccnc(Cl)c1. The largest absolute Gasteiger partial charge is 0.399 e. The molecule has 2 N–H and O–H groups in total. The van der Waals surface area contributed by atoms with Gasteiger partial charge < -0.3 is 5.73 Å². The Hall–Kier alpha value is -1.02. The molecule has 0 unspecified atom stereocenters. The van der Waals surface area contributed by atoms with Crippen LogP contribution in [-0.4, -0.2) is 4.98 Å². The van der Waals surface area contributed by atoms with Crippen molar-refractivity contribution < 1.29 is 0 Å². The van der Waals surface area contributed by atoms with Crippen LogP contribution in [0.25, 0.3) is 5.70 Å². The zero-order chi connectivity index (χ0) is 7.56. The van der Waals surface area contributed by atoms with Crippen molar-refractivity contribution in [1.29, 1.82) is 0 Å². The van der Waals surface area contributed by atoms with E-state index in [4.69, 9.17) is 17.3 Å². The molecule has 0 saturated carbocycles. The highest BCUT2D eigenvalue weighted by Crippen LogP contribution is 2.10. The summed E-state index contributed by atoms with van der Waals surface area (Å²) in [7, 11) is 0. The van der Waals surface area contributed by atoms with Crippen molar-refractivity contribution in [2.75, 3.05) is 0 Å². The average Bonchev–Trinajstić information content (AvgIpc) is 1.88. The van der Waals surface area contributed by atoms with Crippen molar-refractivity contribution in [3.8, 4) is 0 Å². The molecule has 1 rings (SSSR count). The third-order valence-corrected chi connectivity index (χ3v) is 1.30. The van der Waals surface area contributed by atoms with Gasteiger partial charge in [-0.2, -0.15) is 0 Å². The number of rotatable bonds is 1. The Labute approximate surface area is 64.3 Å². The van der Waals surface area contributed by atoms with Gasteiger partial charge in [-0.05, 0) is 12.1 Å². The highest BCUT2D eigenvalue weighted by molar-refractivity contribution is 6.29. The molecule has 0 radical (unpaired) electrons. The van der Waals surface area contributed by atoms with E-state index in [-0.39, 0.29) is 0 Å². The number of nitrogens with two attached hydrogens (primary N) is 1. The number of nitrogens with zero attached hydrogens (tertiary/aromatic N) is 1. The third kappa shape index (κ3) is 1.48. The predicted octanol–water partition coefficient (Wildman–Crippen LogP) is 1.66. The third-order valence-electron chi connectivity index (χ3n) is 1.10. The Morgan fingerprint density at radius 3 is 2.80 bits per heavy atom. The van der Waals surface area contributed by atoms with Crippen LogP contribution in [0.5, 0.6) is 0 Å². The minimum atomic E-state index is 0.434. The smallest absolute Gasteiger partial charge is 0.129 e. The van der Waals surface area contributed by atoms with Gasteiger partial charge in [0.1, 0.15) is 5.15 Å². The molecule has 0 amide bonds. The lowest BCUT2D eigenvalue weighted by molar-refractivity contribution is 1.31. The fourth-order valence-electron chi connectivity index (χ4n) is 0.602. The van der Waals surface area contributed by atoms with Gasteiger partial charge in [0, 0.05) is 17.5 Å². The van der Waals surface area contributed by atoms with Gasteiger partial charge in [-0.3, -0.25) is 0 Å². The van der Waals surface area contributed by atoms with E-state index in [1.807, 2.05) is 0 Å². The normalized spacial score (nSPS) is 9.30. The molecular weight excluding hydrogens is 148 g/mol. The van der Waals surface area contributed by atoms with Crippen LogP contribution in [0, 0.1) is 0 Å². The second-order valence-corrected chi connectivity index (χ2v) is 2.28. The first-order valence-corrected chi connectivity index (χ1v) is 3.14. The van der Waals surface area contributed by atoms with Crippen molar-refractivity contribution in [3.05, 3.63) is 35.6 Å². The van der Waals surface area contributed by atoms with Crippen molar-refractivity contribution in [2.45, 2.75) is 0 Å². The second kappa shape index (κ2) is 2.71. The molecule has 0 aromatic carbocycles. The van der Waals surface area contributed by atoms with Crippen molar-refractivity contribution in [2.24, 2.45) is 5.73 Å². The van der Waals surface area contributed by atoms with Gasteiger partial charge in [-0.25, -0.2) is 4.98 Å². The number of hydrogen-bond donors (Lipinski definition) is 1. The van der Waals surface area contributed by atoms with Crippen LogP contribution in [0.4, 0.5) is 0 Å². The van der Waals surface area contributed by atoms with E-state index in [0.29, 0.717) is 10.9 Å². The Bertz CT molecular complexity index is 258. The molecule has 0 bridgehead atoms. The highest BCUT2D eigenvalue weighted by atomic mass is 35.5. The lowest BCUT2D eigenvalue weighted by atomic mass is 10.2. The Morgan fingerprint density at radius 2 is 2.40 bits per heavy atom. The molecule has 1 aromatic rings. The van der Waals surface area contributed by atoms with E-state index in [2.05, 4.69) is 11.6 Å². The van der Waals surface area contributed by atoms with Gasteiger partial charge in [0.05, 0.1) is 0 Å². The van der Waals surface area contributed by atoms with Gasteiger partial charge in [-0.1, -0.05) is 18.2 Å². The molecule has 1 aromatic heterocycles. The van der Waals surface area contributed by atoms with Crippen molar-refractivity contribution >= 4 is 17.3 Å². The topological polar surface area (TPSA) is 38.9 Å². The number of halogens is 1. The highest BCUT2D eigenvalue weighted by Gasteiger charge is 1.93. The summed E-state index contributed by atoms with van der Waals surface area (Å²) in [5.74, 6) is 0. The molecular formula is C7H7ClN2. The molecule has 10 heavy (non-hydrogen) atoms. The fraction of sp³-hybridized carbons (Fsp3) is 0. The van der Waals surface area contributed by atoms with Crippen LogP contribution in [0.2, 0.25) is 5.15 Å². The molecule has 52 valence electrons. The fourth-order valence-corrected chi connectivity index (χ4v) is 0.776. The molecule has 0 fully saturated rings. The van der Waals surface area contributed by atoms with Crippen LogP contribution in [-0.2, 0) is 0 Å². The summed E-state index contributed by atoms with van der Waals surface area (Å²) in [5.41, 5.74) is 6.73. The van der Waals surface area contributed by atoms with Gasteiger partial charge in [0.2, 0.25) is 0 Å². The maximum atomic E-state index is 5.58.